The number of nitrogens with two attached hydrogens (primary N) is 1. The topological polar surface area (TPSA) is 52.3 Å². The first kappa shape index (κ1) is 15.0. The van der Waals surface area contributed by atoms with E-state index in [0.717, 1.165) is 11.1 Å². The summed E-state index contributed by atoms with van der Waals surface area (Å²) < 4.78 is 5.19. The Hall–Kier alpha value is -2.39. The van der Waals surface area contributed by atoms with Crippen molar-refractivity contribution in [3.05, 3.63) is 77.9 Å². The standard InChI is InChI=1S/C18H19NO2/c19-17(13-7-12-15-8-3-1-4-9-15)18(20)21-14-16-10-5-2-6-11-16/h1-12,17H,13-14,19H2. The molecule has 0 saturated carbocycles. The third-order valence-corrected chi connectivity index (χ3v) is 3.03. The van der Waals surface area contributed by atoms with Gasteiger partial charge in [-0.2, -0.15) is 0 Å². The van der Waals surface area contributed by atoms with Crippen LogP contribution in [0, 0.1) is 0 Å². The molecule has 108 valence electrons. The lowest BCUT2D eigenvalue weighted by Gasteiger charge is -2.09. The molecule has 0 aliphatic heterocycles. The zero-order valence-electron chi connectivity index (χ0n) is 11.8. The van der Waals surface area contributed by atoms with Gasteiger partial charge in [0.25, 0.3) is 0 Å². The Kier molecular flexibility index (Phi) is 5.73. The molecule has 0 aliphatic carbocycles. The summed E-state index contributed by atoms with van der Waals surface area (Å²) in [6.45, 7) is 0.260. The van der Waals surface area contributed by atoms with Gasteiger partial charge in [0, 0.05) is 0 Å². The van der Waals surface area contributed by atoms with Crippen molar-refractivity contribution >= 4 is 12.0 Å². The SMILES string of the molecule is NC(CC=Cc1ccccc1)C(=O)OCc1ccccc1. The van der Waals surface area contributed by atoms with Crippen molar-refractivity contribution in [2.45, 2.75) is 19.1 Å². The Labute approximate surface area is 125 Å². The third kappa shape index (κ3) is 5.24. The van der Waals surface area contributed by atoms with Crippen LogP contribution in [0.3, 0.4) is 0 Å². The molecule has 3 heteroatoms. The lowest BCUT2D eigenvalue weighted by molar-refractivity contribution is -0.146. The molecule has 0 aromatic heterocycles. The van der Waals surface area contributed by atoms with Crippen molar-refractivity contribution in [1.82, 2.24) is 0 Å². The van der Waals surface area contributed by atoms with Crippen molar-refractivity contribution < 1.29 is 9.53 Å². The molecule has 1 atom stereocenters. The fraction of sp³-hybridized carbons (Fsp3) is 0.167. The Morgan fingerprint density at radius 3 is 2.33 bits per heavy atom. The van der Waals surface area contributed by atoms with E-state index in [1.54, 1.807) is 0 Å². The molecule has 3 nitrogen and oxygen atoms in total. The van der Waals surface area contributed by atoms with Crippen LogP contribution in [0.5, 0.6) is 0 Å². The monoisotopic (exact) mass is 281 g/mol. The molecule has 0 radical (unpaired) electrons. The van der Waals surface area contributed by atoms with Crippen LogP contribution < -0.4 is 5.73 Å². The highest BCUT2D eigenvalue weighted by Crippen LogP contribution is 2.05. The Morgan fingerprint density at radius 2 is 1.67 bits per heavy atom. The van der Waals surface area contributed by atoms with Crippen molar-refractivity contribution in [3.8, 4) is 0 Å². The van der Waals surface area contributed by atoms with E-state index in [0.29, 0.717) is 6.42 Å². The van der Waals surface area contributed by atoms with Crippen LogP contribution in [0.25, 0.3) is 6.08 Å². The maximum atomic E-state index is 11.8. The Morgan fingerprint density at radius 1 is 1.05 bits per heavy atom. The minimum atomic E-state index is -0.631. The highest BCUT2D eigenvalue weighted by atomic mass is 16.5. The summed E-state index contributed by atoms with van der Waals surface area (Å²) in [6, 6.07) is 18.8. The Balaban J connectivity index is 1.76. The summed E-state index contributed by atoms with van der Waals surface area (Å²) >= 11 is 0. The second kappa shape index (κ2) is 8.02. The van der Waals surface area contributed by atoms with Gasteiger partial charge in [-0.3, -0.25) is 4.79 Å². The molecule has 2 rings (SSSR count). The number of carbonyl (C=O) groups excluding carboxylic acids is 1. The first-order chi connectivity index (χ1) is 10.3. The number of hydrogen-bond donors (Lipinski definition) is 1. The summed E-state index contributed by atoms with van der Waals surface area (Å²) in [5.74, 6) is -0.378. The van der Waals surface area contributed by atoms with Gasteiger partial charge in [0.05, 0.1) is 0 Å². The van der Waals surface area contributed by atoms with E-state index >= 15 is 0 Å². The molecule has 2 aromatic rings. The molecule has 0 spiro atoms. The number of benzene rings is 2. The van der Waals surface area contributed by atoms with Gasteiger partial charge in [-0.15, -0.1) is 0 Å². The molecule has 0 bridgehead atoms. The molecule has 0 amide bonds. The molecular formula is C18H19NO2. The van der Waals surface area contributed by atoms with Gasteiger partial charge in [0.2, 0.25) is 0 Å². The first-order valence-electron chi connectivity index (χ1n) is 6.93. The van der Waals surface area contributed by atoms with E-state index in [4.69, 9.17) is 10.5 Å². The molecule has 0 fully saturated rings. The van der Waals surface area contributed by atoms with Gasteiger partial charge in [-0.05, 0) is 17.5 Å². The molecule has 2 aromatic carbocycles. The zero-order valence-corrected chi connectivity index (χ0v) is 11.8. The lowest BCUT2D eigenvalue weighted by Crippen LogP contribution is -2.31. The summed E-state index contributed by atoms with van der Waals surface area (Å²) in [6.07, 6.45) is 4.30. The minimum Gasteiger partial charge on any atom is -0.460 e. The van der Waals surface area contributed by atoms with Gasteiger partial charge in [-0.25, -0.2) is 0 Å². The summed E-state index contributed by atoms with van der Waals surface area (Å²) in [5, 5.41) is 0. The van der Waals surface area contributed by atoms with Crippen molar-refractivity contribution in [3.63, 3.8) is 0 Å². The Bertz CT molecular complexity index is 579. The number of esters is 1. The van der Waals surface area contributed by atoms with Gasteiger partial charge in [0.15, 0.2) is 0 Å². The smallest absolute Gasteiger partial charge is 0.323 e. The maximum Gasteiger partial charge on any atom is 0.323 e. The maximum absolute atomic E-state index is 11.8. The van der Waals surface area contributed by atoms with Crippen molar-refractivity contribution in [1.29, 1.82) is 0 Å². The largest absolute Gasteiger partial charge is 0.460 e. The summed E-state index contributed by atoms with van der Waals surface area (Å²) in [7, 11) is 0. The average Bonchev–Trinajstić information content (AvgIpc) is 2.54. The molecule has 0 aliphatic rings. The molecule has 0 saturated heterocycles. The molecule has 1 unspecified atom stereocenters. The number of ether oxygens (including phenoxy) is 1. The van der Waals surface area contributed by atoms with E-state index in [1.807, 2.05) is 72.8 Å². The van der Waals surface area contributed by atoms with E-state index in [2.05, 4.69) is 0 Å². The molecular weight excluding hydrogens is 262 g/mol. The van der Waals surface area contributed by atoms with Crippen LogP contribution in [0.2, 0.25) is 0 Å². The highest BCUT2D eigenvalue weighted by molar-refractivity contribution is 5.75. The first-order valence-corrected chi connectivity index (χ1v) is 6.93. The lowest BCUT2D eigenvalue weighted by atomic mass is 10.1. The average molecular weight is 281 g/mol. The van der Waals surface area contributed by atoms with Gasteiger partial charge in [0.1, 0.15) is 12.6 Å². The summed E-state index contributed by atoms with van der Waals surface area (Å²) in [5.41, 5.74) is 7.86. The van der Waals surface area contributed by atoms with E-state index in [-0.39, 0.29) is 12.6 Å². The van der Waals surface area contributed by atoms with Gasteiger partial charge < -0.3 is 10.5 Å². The fourth-order valence-corrected chi connectivity index (χ4v) is 1.85. The number of carbonyl (C=O) groups is 1. The molecule has 0 heterocycles. The second-order valence-corrected chi connectivity index (χ2v) is 4.75. The predicted molar refractivity (Wildman–Crippen MR) is 84.3 cm³/mol. The van der Waals surface area contributed by atoms with Crippen LogP contribution in [-0.2, 0) is 16.1 Å². The predicted octanol–water partition coefficient (Wildman–Crippen LogP) is 3.16. The van der Waals surface area contributed by atoms with Crippen LogP contribution in [0.15, 0.2) is 66.7 Å². The summed E-state index contributed by atoms with van der Waals surface area (Å²) in [4.78, 5) is 11.8. The van der Waals surface area contributed by atoms with E-state index < -0.39 is 6.04 Å². The van der Waals surface area contributed by atoms with Gasteiger partial charge >= 0.3 is 5.97 Å². The van der Waals surface area contributed by atoms with E-state index in [9.17, 15) is 4.79 Å². The van der Waals surface area contributed by atoms with Crippen LogP contribution in [-0.4, -0.2) is 12.0 Å². The minimum absolute atomic E-state index is 0.260. The van der Waals surface area contributed by atoms with Crippen LogP contribution in [0.1, 0.15) is 17.5 Å². The molecule has 21 heavy (non-hydrogen) atoms. The van der Waals surface area contributed by atoms with Crippen LogP contribution in [0.4, 0.5) is 0 Å². The van der Waals surface area contributed by atoms with E-state index in [1.165, 1.54) is 0 Å². The van der Waals surface area contributed by atoms with Crippen molar-refractivity contribution in [2.75, 3.05) is 0 Å². The number of rotatable bonds is 6. The van der Waals surface area contributed by atoms with Crippen molar-refractivity contribution in [2.24, 2.45) is 5.73 Å². The third-order valence-electron chi connectivity index (χ3n) is 3.03. The highest BCUT2D eigenvalue weighted by Gasteiger charge is 2.13. The molecule has 2 N–H and O–H groups in total. The number of hydrogen-bond acceptors (Lipinski definition) is 3. The van der Waals surface area contributed by atoms with Gasteiger partial charge in [-0.1, -0.05) is 72.8 Å². The normalized spacial score (nSPS) is 12.2. The van der Waals surface area contributed by atoms with Crippen LogP contribution >= 0.6 is 0 Å². The quantitative estimate of drug-likeness (QED) is 0.827. The zero-order chi connectivity index (χ0) is 14.9. The fourth-order valence-electron chi connectivity index (χ4n) is 1.85. The second-order valence-electron chi connectivity index (χ2n) is 4.75.